The summed E-state index contributed by atoms with van der Waals surface area (Å²) in [6.07, 6.45) is 0.685. The number of carbonyl (C=O) groups is 2. The Balaban J connectivity index is 1.35. The Kier molecular flexibility index (Phi) is 6.94. The molecule has 0 aliphatic carbocycles. The molecule has 3 aromatic carbocycles. The average molecular weight is 517 g/mol. The molecule has 182 valence electrons. The second-order valence-electron chi connectivity index (χ2n) is 8.99. The molecule has 0 unspecified atom stereocenters. The number of aryl methyl sites for hydroxylation is 2. The number of nitrogens with one attached hydrogen (secondary N) is 1. The van der Waals surface area contributed by atoms with Crippen LogP contribution in [-0.4, -0.2) is 33.0 Å². The average Bonchev–Trinajstić information content (AvgIpc) is 3.45. The lowest BCUT2D eigenvalue weighted by Crippen LogP contribution is -2.25. The van der Waals surface area contributed by atoms with Crippen LogP contribution in [0.4, 0.5) is 5.69 Å². The molecule has 2 aliphatic heterocycles. The largest absolute Gasteiger partial charge is 0.326 e. The molecule has 2 atom stereocenters. The number of rotatable bonds is 5. The van der Waals surface area contributed by atoms with Gasteiger partial charge in [0.2, 0.25) is 5.91 Å². The first-order valence-corrected chi connectivity index (χ1v) is 13.0. The molecule has 0 saturated carbocycles. The van der Waals surface area contributed by atoms with E-state index in [9.17, 15) is 9.59 Å². The van der Waals surface area contributed by atoms with Crippen LogP contribution in [0.3, 0.4) is 0 Å². The number of hydrogen-bond acceptors (Lipinski definition) is 5. The van der Waals surface area contributed by atoms with Crippen LogP contribution >= 0.6 is 23.4 Å². The summed E-state index contributed by atoms with van der Waals surface area (Å²) in [7, 11) is 0. The molecule has 5 rings (SSSR count). The van der Waals surface area contributed by atoms with Crippen molar-refractivity contribution < 1.29 is 9.59 Å². The van der Waals surface area contributed by atoms with Crippen molar-refractivity contribution >= 4 is 51.7 Å². The number of halogens is 1. The fourth-order valence-corrected chi connectivity index (χ4v) is 5.46. The van der Waals surface area contributed by atoms with Gasteiger partial charge in [-0.15, -0.1) is 0 Å². The van der Waals surface area contributed by atoms with E-state index in [-0.39, 0.29) is 24.3 Å². The topological polar surface area (TPSA) is 74.1 Å². The van der Waals surface area contributed by atoms with Gasteiger partial charge in [0.15, 0.2) is 5.17 Å². The van der Waals surface area contributed by atoms with E-state index in [0.717, 1.165) is 22.4 Å². The fraction of sp³-hybridized carbons (Fsp3) is 0.214. The monoisotopic (exact) mass is 516 g/mol. The highest BCUT2D eigenvalue weighted by molar-refractivity contribution is 8.15. The number of anilines is 1. The summed E-state index contributed by atoms with van der Waals surface area (Å²) in [5.74, 6) is -0.546. The number of nitrogens with zero attached hydrogens (tertiary/aromatic N) is 3. The van der Waals surface area contributed by atoms with Crippen molar-refractivity contribution in [2.45, 2.75) is 38.0 Å². The maximum Gasteiger partial charge on any atom is 0.262 e. The van der Waals surface area contributed by atoms with Gasteiger partial charge in [0.05, 0.1) is 11.8 Å². The Morgan fingerprint density at radius 3 is 2.44 bits per heavy atom. The molecule has 2 heterocycles. The molecule has 1 N–H and O–H groups in total. The van der Waals surface area contributed by atoms with E-state index in [1.807, 2.05) is 62.4 Å². The summed E-state index contributed by atoms with van der Waals surface area (Å²) in [5.41, 5.74) is 5.92. The Labute approximate surface area is 219 Å². The number of thioether (sulfide) groups is 1. The van der Waals surface area contributed by atoms with Crippen LogP contribution in [-0.2, 0) is 9.59 Å². The van der Waals surface area contributed by atoms with Crippen molar-refractivity contribution in [1.82, 2.24) is 5.01 Å². The summed E-state index contributed by atoms with van der Waals surface area (Å²) >= 11 is 7.58. The van der Waals surface area contributed by atoms with Crippen LogP contribution in [0.15, 0.2) is 82.9 Å². The zero-order chi connectivity index (χ0) is 25.2. The van der Waals surface area contributed by atoms with Crippen molar-refractivity contribution in [3.8, 4) is 0 Å². The first-order valence-electron chi connectivity index (χ1n) is 11.7. The highest BCUT2D eigenvalue weighted by atomic mass is 35.5. The lowest BCUT2D eigenvalue weighted by Gasteiger charge is -2.23. The van der Waals surface area contributed by atoms with Crippen molar-refractivity contribution in [1.29, 1.82) is 0 Å². The van der Waals surface area contributed by atoms with Gasteiger partial charge in [-0.2, -0.15) is 10.1 Å². The molecular formula is C28H25ClN4O2S. The van der Waals surface area contributed by atoms with E-state index in [2.05, 4.69) is 34.6 Å². The summed E-state index contributed by atoms with van der Waals surface area (Å²) in [4.78, 5) is 29.7. The molecule has 36 heavy (non-hydrogen) atoms. The predicted octanol–water partition coefficient (Wildman–Crippen LogP) is 6.13. The van der Waals surface area contributed by atoms with Crippen LogP contribution in [0.25, 0.3) is 0 Å². The summed E-state index contributed by atoms with van der Waals surface area (Å²) in [5, 5.41) is 10.1. The second kappa shape index (κ2) is 10.3. The zero-order valence-electron chi connectivity index (χ0n) is 19.9. The van der Waals surface area contributed by atoms with Gasteiger partial charge in [0.25, 0.3) is 5.91 Å². The van der Waals surface area contributed by atoms with Crippen molar-refractivity contribution in [3.05, 3.63) is 100 Å². The molecular weight excluding hydrogens is 492 g/mol. The van der Waals surface area contributed by atoms with Crippen LogP contribution in [0, 0.1) is 13.8 Å². The number of amidine groups is 1. The molecule has 0 radical (unpaired) electrons. The van der Waals surface area contributed by atoms with Crippen LogP contribution < -0.4 is 5.32 Å². The van der Waals surface area contributed by atoms with Gasteiger partial charge in [0.1, 0.15) is 5.25 Å². The van der Waals surface area contributed by atoms with Gasteiger partial charge in [-0.1, -0.05) is 83.0 Å². The van der Waals surface area contributed by atoms with Gasteiger partial charge < -0.3 is 5.32 Å². The molecule has 8 heteroatoms. The van der Waals surface area contributed by atoms with E-state index in [1.54, 1.807) is 5.01 Å². The highest BCUT2D eigenvalue weighted by Gasteiger charge is 2.39. The van der Waals surface area contributed by atoms with E-state index < -0.39 is 5.25 Å². The number of hydrazone groups is 1. The zero-order valence-corrected chi connectivity index (χ0v) is 21.5. The standard InChI is InChI=1S/C28H25ClN4O2S/c1-17-6-10-19(11-7-17)23-15-24(20-4-3-5-21(29)14-20)33(32-23)28-31-27(35)25(36-28)16-26(34)30-22-12-8-18(2)9-13-22/h3-14,24-25H,15-16H2,1-2H3,(H,30,34)/t24-,25-/m0/s1. The van der Waals surface area contributed by atoms with Gasteiger partial charge in [0, 0.05) is 23.6 Å². The molecule has 0 spiro atoms. The third-order valence-corrected chi connectivity index (χ3v) is 7.54. The van der Waals surface area contributed by atoms with Crippen LogP contribution in [0.2, 0.25) is 5.02 Å². The molecule has 0 fully saturated rings. The maximum absolute atomic E-state index is 12.8. The molecule has 0 saturated heterocycles. The summed E-state index contributed by atoms with van der Waals surface area (Å²) in [6.45, 7) is 4.03. The van der Waals surface area contributed by atoms with E-state index in [4.69, 9.17) is 16.7 Å². The van der Waals surface area contributed by atoms with Crippen LogP contribution in [0.5, 0.6) is 0 Å². The Hall–Kier alpha value is -3.42. The minimum Gasteiger partial charge on any atom is -0.326 e. The predicted molar refractivity (Wildman–Crippen MR) is 147 cm³/mol. The fourth-order valence-electron chi connectivity index (χ4n) is 4.20. The highest BCUT2D eigenvalue weighted by Crippen LogP contribution is 2.39. The summed E-state index contributed by atoms with van der Waals surface area (Å²) < 4.78 is 0. The third-order valence-electron chi connectivity index (χ3n) is 6.16. The molecule has 2 aliphatic rings. The Bertz CT molecular complexity index is 1370. The summed E-state index contributed by atoms with van der Waals surface area (Å²) in [6, 6.07) is 23.3. The molecule has 6 nitrogen and oxygen atoms in total. The first kappa shape index (κ1) is 24.3. The number of aliphatic imine (C=N–C) groups is 1. The molecule has 2 amide bonds. The number of amides is 2. The van der Waals surface area contributed by atoms with E-state index >= 15 is 0 Å². The normalized spacial score (nSPS) is 19.3. The van der Waals surface area contributed by atoms with Gasteiger partial charge in [-0.25, -0.2) is 5.01 Å². The van der Waals surface area contributed by atoms with Crippen molar-refractivity contribution in [2.24, 2.45) is 10.1 Å². The number of hydrogen-bond donors (Lipinski definition) is 1. The van der Waals surface area contributed by atoms with E-state index in [0.29, 0.717) is 22.3 Å². The quantitative estimate of drug-likeness (QED) is 0.442. The minimum absolute atomic E-state index is 0.0363. The van der Waals surface area contributed by atoms with Gasteiger partial charge >= 0.3 is 0 Å². The Morgan fingerprint density at radius 2 is 1.75 bits per heavy atom. The molecule has 0 aromatic heterocycles. The maximum atomic E-state index is 12.8. The SMILES string of the molecule is Cc1ccc(NC(=O)C[C@@H]2SC(N3N=C(c4ccc(C)cc4)C[C@H]3c3cccc(Cl)c3)=NC2=O)cc1. The second-order valence-corrected chi connectivity index (χ2v) is 10.6. The smallest absolute Gasteiger partial charge is 0.262 e. The molecule has 3 aromatic rings. The number of benzene rings is 3. The van der Waals surface area contributed by atoms with Gasteiger partial charge in [-0.3, -0.25) is 9.59 Å². The third kappa shape index (κ3) is 5.37. The van der Waals surface area contributed by atoms with Crippen molar-refractivity contribution in [2.75, 3.05) is 5.32 Å². The van der Waals surface area contributed by atoms with E-state index in [1.165, 1.54) is 17.3 Å². The Morgan fingerprint density at radius 1 is 1.06 bits per heavy atom. The van der Waals surface area contributed by atoms with Crippen molar-refractivity contribution in [3.63, 3.8) is 0 Å². The minimum atomic E-state index is -0.593. The van der Waals surface area contributed by atoms with Gasteiger partial charge in [-0.05, 0) is 49.2 Å². The first-order chi connectivity index (χ1) is 17.4. The lowest BCUT2D eigenvalue weighted by molar-refractivity contribution is -0.121. The lowest BCUT2D eigenvalue weighted by atomic mass is 9.98. The molecule has 0 bridgehead atoms. The number of carbonyl (C=O) groups excluding carboxylic acids is 2. The van der Waals surface area contributed by atoms with Crippen LogP contribution in [0.1, 0.15) is 41.1 Å².